The van der Waals surface area contributed by atoms with Crippen LogP contribution in [0.2, 0.25) is 0 Å². The van der Waals surface area contributed by atoms with Crippen molar-refractivity contribution >= 4 is 34.1 Å². The fraction of sp³-hybridized carbons (Fsp3) is 0.367. The molecule has 1 saturated carbocycles. The number of benzene rings is 1. The Balaban J connectivity index is 1.32. The molecule has 212 valence electrons. The summed E-state index contributed by atoms with van der Waals surface area (Å²) in [6.07, 6.45) is 8.86. The molecule has 1 aliphatic carbocycles. The molecule has 2 N–H and O–H groups in total. The molecule has 0 radical (unpaired) electrons. The lowest BCUT2D eigenvalue weighted by molar-refractivity contribution is -0.125. The number of ether oxygens (including phenoxy) is 1. The van der Waals surface area contributed by atoms with E-state index in [1.807, 2.05) is 6.20 Å². The van der Waals surface area contributed by atoms with Crippen LogP contribution in [0.4, 0.5) is 26.1 Å². The van der Waals surface area contributed by atoms with Gasteiger partial charge in [-0.1, -0.05) is 6.07 Å². The summed E-state index contributed by atoms with van der Waals surface area (Å²) >= 11 is 0. The molecule has 4 aromatic rings. The van der Waals surface area contributed by atoms with Gasteiger partial charge in [0.05, 0.1) is 18.3 Å². The molecule has 0 unspecified atom stereocenters. The molecule has 4 heterocycles. The first-order chi connectivity index (χ1) is 20.0. The van der Waals surface area contributed by atoms with Crippen LogP contribution >= 0.6 is 0 Å². The van der Waals surface area contributed by atoms with Gasteiger partial charge in [-0.3, -0.25) is 9.78 Å². The predicted octanol–water partition coefficient (Wildman–Crippen LogP) is 4.97. The SMILES string of the molecule is COCCNC(=O)C1CCN(c2nc(-c3ccnc(Nc4c(F)cccc4F)c3)nc3cncc(C4CC4)c23)CC1. The van der Waals surface area contributed by atoms with Crippen LogP contribution in [-0.4, -0.2) is 59.2 Å². The van der Waals surface area contributed by atoms with E-state index < -0.39 is 11.6 Å². The third-order valence-electron chi connectivity index (χ3n) is 7.64. The molecular weight excluding hydrogens is 528 g/mol. The molecule has 3 aromatic heterocycles. The number of hydrogen-bond acceptors (Lipinski definition) is 8. The number of methoxy groups -OCH3 is 1. The summed E-state index contributed by atoms with van der Waals surface area (Å²) in [5, 5.41) is 6.70. The van der Waals surface area contributed by atoms with E-state index in [9.17, 15) is 13.6 Å². The van der Waals surface area contributed by atoms with Gasteiger partial charge >= 0.3 is 0 Å². The zero-order chi connectivity index (χ0) is 28.3. The van der Waals surface area contributed by atoms with Gasteiger partial charge in [-0.05, 0) is 61.4 Å². The monoisotopic (exact) mass is 559 g/mol. The van der Waals surface area contributed by atoms with Gasteiger partial charge in [-0.25, -0.2) is 23.7 Å². The van der Waals surface area contributed by atoms with Crippen LogP contribution in [0.15, 0.2) is 48.9 Å². The van der Waals surface area contributed by atoms with E-state index in [1.165, 1.54) is 18.2 Å². The first kappa shape index (κ1) is 26.9. The molecule has 2 aliphatic rings. The summed E-state index contributed by atoms with van der Waals surface area (Å²) in [6.45, 7) is 2.34. The number of nitrogens with one attached hydrogen (secondary N) is 2. The van der Waals surface area contributed by atoms with Crippen molar-refractivity contribution in [3.05, 3.63) is 66.1 Å². The van der Waals surface area contributed by atoms with Crippen LogP contribution in [0.5, 0.6) is 0 Å². The minimum absolute atomic E-state index is 0.0564. The highest BCUT2D eigenvalue weighted by Gasteiger charge is 2.31. The van der Waals surface area contributed by atoms with Crippen LogP contribution in [-0.2, 0) is 9.53 Å². The van der Waals surface area contributed by atoms with E-state index in [1.54, 1.807) is 31.6 Å². The van der Waals surface area contributed by atoms with Crippen molar-refractivity contribution in [2.75, 3.05) is 43.6 Å². The number of pyridine rings is 2. The highest BCUT2D eigenvalue weighted by molar-refractivity contribution is 5.94. The molecule has 41 heavy (non-hydrogen) atoms. The number of para-hydroxylation sites is 1. The van der Waals surface area contributed by atoms with Gasteiger partial charge < -0.3 is 20.3 Å². The Bertz CT molecular complexity index is 1550. The van der Waals surface area contributed by atoms with Crippen LogP contribution in [0.3, 0.4) is 0 Å². The summed E-state index contributed by atoms with van der Waals surface area (Å²) in [7, 11) is 1.61. The Morgan fingerprint density at radius 2 is 1.85 bits per heavy atom. The summed E-state index contributed by atoms with van der Waals surface area (Å²) in [5.41, 5.74) is 2.26. The topological polar surface area (TPSA) is 105 Å². The largest absolute Gasteiger partial charge is 0.383 e. The van der Waals surface area contributed by atoms with Gasteiger partial charge in [0.15, 0.2) is 5.82 Å². The number of fused-ring (bicyclic) bond motifs is 1. The Hall–Kier alpha value is -4.25. The normalized spacial score (nSPS) is 15.7. The molecule has 1 aliphatic heterocycles. The molecular formula is C30H31F2N7O2. The fourth-order valence-corrected chi connectivity index (χ4v) is 5.31. The van der Waals surface area contributed by atoms with Gasteiger partial charge in [0, 0.05) is 56.0 Å². The van der Waals surface area contributed by atoms with Crippen molar-refractivity contribution in [3.8, 4) is 11.4 Å². The second-order valence-corrected chi connectivity index (χ2v) is 10.5. The van der Waals surface area contributed by atoms with E-state index >= 15 is 0 Å². The van der Waals surface area contributed by atoms with Gasteiger partial charge in [-0.2, -0.15) is 0 Å². The van der Waals surface area contributed by atoms with Crippen molar-refractivity contribution in [1.29, 1.82) is 0 Å². The molecule has 9 nitrogen and oxygen atoms in total. The predicted molar refractivity (Wildman–Crippen MR) is 152 cm³/mol. The highest BCUT2D eigenvalue weighted by atomic mass is 19.1. The van der Waals surface area contributed by atoms with Crippen molar-refractivity contribution in [2.45, 2.75) is 31.6 Å². The Kier molecular flexibility index (Phi) is 7.69. The third-order valence-corrected chi connectivity index (χ3v) is 7.64. The third kappa shape index (κ3) is 5.81. The van der Waals surface area contributed by atoms with Crippen LogP contribution in [0.25, 0.3) is 22.3 Å². The molecule has 0 spiro atoms. The second kappa shape index (κ2) is 11.7. The number of aromatic nitrogens is 4. The molecule has 1 amide bonds. The number of hydrogen-bond donors (Lipinski definition) is 2. The van der Waals surface area contributed by atoms with Gasteiger partial charge in [0.25, 0.3) is 0 Å². The molecule has 11 heteroatoms. The lowest BCUT2D eigenvalue weighted by atomic mass is 9.95. The minimum atomic E-state index is -0.712. The lowest BCUT2D eigenvalue weighted by Gasteiger charge is -2.33. The van der Waals surface area contributed by atoms with Crippen molar-refractivity contribution in [1.82, 2.24) is 25.3 Å². The van der Waals surface area contributed by atoms with Crippen LogP contribution in [0, 0.1) is 17.6 Å². The number of amides is 1. The maximum absolute atomic E-state index is 14.3. The molecule has 6 rings (SSSR count). The van der Waals surface area contributed by atoms with Gasteiger partial charge in [0.1, 0.15) is 29.0 Å². The second-order valence-electron chi connectivity index (χ2n) is 10.5. The average molecular weight is 560 g/mol. The standard InChI is InChI=1S/C30H31F2N7O2/c1-41-14-11-35-30(40)19-8-12-39(13-9-19)29-26-21(18-5-6-18)16-33-17-24(26)36-28(38-29)20-7-10-34-25(15-20)37-27-22(31)3-2-4-23(27)32/h2-4,7,10,15-19H,5-6,8-9,11-14H2,1H3,(H,34,37)(H,35,40). The Morgan fingerprint density at radius 3 is 2.59 bits per heavy atom. The Labute approximate surface area is 236 Å². The zero-order valence-electron chi connectivity index (χ0n) is 22.7. The maximum atomic E-state index is 14.3. The van der Waals surface area contributed by atoms with E-state index in [4.69, 9.17) is 14.7 Å². The van der Waals surface area contributed by atoms with E-state index in [0.717, 1.165) is 35.1 Å². The number of nitrogens with zero attached hydrogens (tertiary/aromatic N) is 5. The van der Waals surface area contributed by atoms with E-state index in [-0.39, 0.29) is 23.3 Å². The van der Waals surface area contributed by atoms with Crippen molar-refractivity contribution in [2.24, 2.45) is 5.92 Å². The average Bonchev–Trinajstić information content (AvgIpc) is 3.84. The van der Waals surface area contributed by atoms with Crippen LogP contribution < -0.4 is 15.5 Å². The summed E-state index contributed by atoms with van der Waals surface area (Å²) in [4.78, 5) is 33.5. The summed E-state index contributed by atoms with van der Waals surface area (Å²) < 4.78 is 33.6. The lowest BCUT2D eigenvalue weighted by Crippen LogP contribution is -2.41. The van der Waals surface area contributed by atoms with Crippen molar-refractivity contribution < 1.29 is 18.3 Å². The number of anilines is 3. The quantitative estimate of drug-likeness (QED) is 0.277. The zero-order valence-corrected chi connectivity index (χ0v) is 22.7. The van der Waals surface area contributed by atoms with Crippen LogP contribution in [0.1, 0.15) is 37.2 Å². The molecule has 0 bridgehead atoms. The summed E-state index contributed by atoms with van der Waals surface area (Å²) in [6, 6.07) is 7.12. The molecule has 0 atom stereocenters. The first-order valence-corrected chi connectivity index (χ1v) is 13.9. The minimum Gasteiger partial charge on any atom is -0.383 e. The molecule has 1 aromatic carbocycles. The number of carbonyl (C=O) groups is 1. The number of halogens is 2. The number of carbonyl (C=O) groups excluding carboxylic acids is 1. The fourth-order valence-electron chi connectivity index (χ4n) is 5.31. The smallest absolute Gasteiger partial charge is 0.223 e. The molecule has 2 fully saturated rings. The van der Waals surface area contributed by atoms with Gasteiger partial charge in [0.2, 0.25) is 5.91 Å². The number of rotatable bonds is 9. The van der Waals surface area contributed by atoms with E-state index in [0.29, 0.717) is 56.4 Å². The number of piperidine rings is 1. The van der Waals surface area contributed by atoms with Gasteiger partial charge in [-0.15, -0.1) is 0 Å². The maximum Gasteiger partial charge on any atom is 0.223 e. The Morgan fingerprint density at radius 1 is 1.07 bits per heavy atom. The van der Waals surface area contributed by atoms with Crippen molar-refractivity contribution in [3.63, 3.8) is 0 Å². The van der Waals surface area contributed by atoms with E-state index in [2.05, 4.69) is 25.5 Å². The summed E-state index contributed by atoms with van der Waals surface area (Å²) in [5.74, 6) is 0.554. The molecule has 1 saturated heterocycles. The highest BCUT2D eigenvalue weighted by Crippen LogP contribution is 2.45. The first-order valence-electron chi connectivity index (χ1n) is 13.9.